The van der Waals surface area contributed by atoms with Crippen LogP contribution in [-0.2, 0) is 0 Å². The molecule has 2 atom stereocenters. The Morgan fingerprint density at radius 1 is 1.60 bits per heavy atom. The minimum absolute atomic E-state index is 0.0751. The number of alkyl halides is 1. The molecule has 0 amide bonds. The molecule has 0 aromatic carbocycles. The third-order valence-electron chi connectivity index (χ3n) is 2.26. The van der Waals surface area contributed by atoms with Gasteiger partial charge in [0.2, 0.25) is 0 Å². The van der Waals surface area contributed by atoms with Gasteiger partial charge in [-0.2, -0.15) is 0 Å². The maximum atomic E-state index is 11.2. The van der Waals surface area contributed by atoms with Crippen LogP contribution in [0.15, 0.2) is 11.1 Å². The highest BCUT2D eigenvalue weighted by atomic mass is 35.5. The highest BCUT2D eigenvalue weighted by molar-refractivity contribution is 6.32. The molecule has 1 aromatic heterocycles. The molecule has 0 fully saturated rings. The number of nitrogens with one attached hydrogen (secondary N) is 2. The summed E-state index contributed by atoms with van der Waals surface area (Å²) in [4.78, 5) is 17.5. The van der Waals surface area contributed by atoms with Crippen molar-refractivity contribution < 1.29 is 0 Å². The Kier molecular flexibility index (Phi) is 4.42. The van der Waals surface area contributed by atoms with E-state index in [1.54, 1.807) is 0 Å². The van der Waals surface area contributed by atoms with Crippen molar-refractivity contribution in [3.63, 3.8) is 0 Å². The maximum absolute atomic E-state index is 11.2. The fourth-order valence-electron chi connectivity index (χ4n) is 0.975. The molecular weight excluding hydrogens is 237 g/mol. The lowest BCUT2D eigenvalue weighted by Crippen LogP contribution is -2.26. The van der Waals surface area contributed by atoms with Gasteiger partial charge >= 0.3 is 0 Å². The largest absolute Gasteiger partial charge is 0.366 e. The lowest BCUT2D eigenvalue weighted by molar-refractivity contribution is 0.564. The Morgan fingerprint density at radius 3 is 2.87 bits per heavy atom. The Hall–Kier alpha value is -0.740. The van der Waals surface area contributed by atoms with Crippen LogP contribution in [0.3, 0.4) is 0 Å². The first-order chi connectivity index (χ1) is 7.06. The first-order valence-corrected chi connectivity index (χ1v) is 5.53. The molecule has 0 aliphatic heterocycles. The van der Waals surface area contributed by atoms with Gasteiger partial charge in [0.15, 0.2) is 5.82 Å². The van der Waals surface area contributed by atoms with Crippen LogP contribution in [0.5, 0.6) is 0 Å². The zero-order valence-electron chi connectivity index (χ0n) is 8.55. The van der Waals surface area contributed by atoms with E-state index in [9.17, 15) is 4.79 Å². The van der Waals surface area contributed by atoms with E-state index in [1.807, 2.05) is 13.8 Å². The Morgan fingerprint density at radius 2 is 2.27 bits per heavy atom. The Labute approximate surface area is 98.0 Å². The molecule has 1 heterocycles. The highest BCUT2D eigenvalue weighted by Gasteiger charge is 2.14. The van der Waals surface area contributed by atoms with Gasteiger partial charge in [-0.25, -0.2) is 4.98 Å². The van der Waals surface area contributed by atoms with Crippen molar-refractivity contribution >= 4 is 29.0 Å². The predicted octanol–water partition coefficient (Wildman–Crippen LogP) is 2.10. The molecule has 1 rings (SSSR count). The number of halogens is 2. The Bertz CT molecular complexity index is 380. The van der Waals surface area contributed by atoms with E-state index in [0.717, 1.165) is 0 Å². The summed E-state index contributed by atoms with van der Waals surface area (Å²) >= 11 is 11.5. The number of aromatic nitrogens is 2. The average molecular weight is 250 g/mol. The summed E-state index contributed by atoms with van der Waals surface area (Å²) in [6.45, 7) is 3.97. The minimum Gasteiger partial charge on any atom is -0.366 e. The number of hydrogen-bond acceptors (Lipinski definition) is 3. The van der Waals surface area contributed by atoms with E-state index in [4.69, 9.17) is 23.2 Å². The highest BCUT2D eigenvalue weighted by Crippen LogP contribution is 2.16. The molecule has 6 heteroatoms. The summed E-state index contributed by atoms with van der Waals surface area (Å²) in [7, 11) is 0. The predicted molar refractivity (Wildman–Crippen MR) is 62.8 cm³/mol. The van der Waals surface area contributed by atoms with Gasteiger partial charge in [0.25, 0.3) is 5.56 Å². The molecule has 0 aliphatic carbocycles. The quantitative estimate of drug-likeness (QED) is 0.804. The smallest absolute Gasteiger partial charge is 0.271 e. The number of H-pyrrole nitrogens is 1. The van der Waals surface area contributed by atoms with Gasteiger partial charge in [-0.1, -0.05) is 18.5 Å². The van der Waals surface area contributed by atoms with E-state index in [1.165, 1.54) is 6.33 Å². The molecule has 0 radical (unpaired) electrons. The standard InChI is InChI=1S/C9H13Cl2N3O/c1-5(3-10)6(2)14-8-7(11)9(15)13-4-12-8/h4-6H,3H2,1-2H3,(H2,12,13,14,15). The molecule has 84 valence electrons. The first kappa shape index (κ1) is 12.3. The van der Waals surface area contributed by atoms with E-state index in [2.05, 4.69) is 15.3 Å². The van der Waals surface area contributed by atoms with Crippen LogP contribution in [0.1, 0.15) is 13.8 Å². The van der Waals surface area contributed by atoms with Crippen molar-refractivity contribution in [1.82, 2.24) is 9.97 Å². The van der Waals surface area contributed by atoms with Gasteiger partial charge in [0, 0.05) is 11.9 Å². The summed E-state index contributed by atoms with van der Waals surface area (Å²) in [5, 5.41) is 3.13. The Balaban J connectivity index is 2.81. The summed E-state index contributed by atoms with van der Waals surface area (Å²) in [5.41, 5.74) is -0.347. The van der Waals surface area contributed by atoms with Gasteiger partial charge in [0.1, 0.15) is 5.02 Å². The topological polar surface area (TPSA) is 57.8 Å². The summed E-state index contributed by atoms with van der Waals surface area (Å²) < 4.78 is 0. The third kappa shape index (κ3) is 3.11. The van der Waals surface area contributed by atoms with Gasteiger partial charge in [-0.05, 0) is 12.8 Å². The average Bonchev–Trinajstić information content (AvgIpc) is 2.23. The monoisotopic (exact) mass is 249 g/mol. The van der Waals surface area contributed by atoms with Crippen LogP contribution in [0.4, 0.5) is 5.82 Å². The molecule has 15 heavy (non-hydrogen) atoms. The summed E-state index contributed by atoms with van der Waals surface area (Å²) in [6.07, 6.45) is 1.31. The first-order valence-electron chi connectivity index (χ1n) is 4.62. The second kappa shape index (κ2) is 5.37. The van der Waals surface area contributed by atoms with E-state index >= 15 is 0 Å². The van der Waals surface area contributed by atoms with E-state index < -0.39 is 0 Å². The molecule has 0 saturated heterocycles. The molecular formula is C9H13Cl2N3O. The summed E-state index contributed by atoms with van der Waals surface area (Å²) in [5.74, 6) is 1.20. The molecule has 0 bridgehead atoms. The molecule has 0 aliphatic rings. The fraction of sp³-hybridized carbons (Fsp3) is 0.556. The van der Waals surface area contributed by atoms with E-state index in [0.29, 0.717) is 11.7 Å². The van der Waals surface area contributed by atoms with Gasteiger partial charge in [-0.3, -0.25) is 4.79 Å². The van der Waals surface area contributed by atoms with Crippen molar-refractivity contribution in [2.24, 2.45) is 5.92 Å². The summed E-state index contributed by atoms with van der Waals surface area (Å²) in [6, 6.07) is 0.106. The number of rotatable bonds is 4. The maximum Gasteiger partial charge on any atom is 0.271 e. The molecule has 0 spiro atoms. The molecule has 2 unspecified atom stereocenters. The van der Waals surface area contributed by atoms with Crippen molar-refractivity contribution in [1.29, 1.82) is 0 Å². The molecule has 0 saturated carbocycles. The second-order valence-electron chi connectivity index (χ2n) is 3.46. The fourth-order valence-corrected chi connectivity index (χ4v) is 1.40. The normalized spacial score (nSPS) is 14.7. The lowest BCUT2D eigenvalue weighted by Gasteiger charge is -2.19. The van der Waals surface area contributed by atoms with E-state index in [-0.39, 0.29) is 22.5 Å². The van der Waals surface area contributed by atoms with Gasteiger partial charge in [-0.15, -0.1) is 11.6 Å². The SMILES string of the molecule is CC(CCl)C(C)Nc1nc[nH]c(=O)c1Cl. The van der Waals surface area contributed by atoms with Crippen LogP contribution in [0.25, 0.3) is 0 Å². The van der Waals surface area contributed by atoms with Gasteiger partial charge < -0.3 is 10.3 Å². The zero-order valence-corrected chi connectivity index (χ0v) is 10.1. The molecule has 2 N–H and O–H groups in total. The number of anilines is 1. The van der Waals surface area contributed by atoms with Crippen LogP contribution < -0.4 is 10.9 Å². The molecule has 4 nitrogen and oxygen atoms in total. The lowest BCUT2D eigenvalue weighted by atomic mass is 10.1. The van der Waals surface area contributed by atoms with Crippen molar-refractivity contribution in [2.45, 2.75) is 19.9 Å². The molecule has 1 aromatic rings. The number of aromatic amines is 1. The van der Waals surface area contributed by atoms with Gasteiger partial charge in [0.05, 0.1) is 6.33 Å². The number of nitrogens with zero attached hydrogens (tertiary/aromatic N) is 1. The van der Waals surface area contributed by atoms with Crippen LogP contribution in [0, 0.1) is 5.92 Å². The zero-order chi connectivity index (χ0) is 11.4. The van der Waals surface area contributed by atoms with Crippen molar-refractivity contribution in [2.75, 3.05) is 11.2 Å². The van der Waals surface area contributed by atoms with Crippen molar-refractivity contribution in [3.8, 4) is 0 Å². The van der Waals surface area contributed by atoms with Crippen LogP contribution in [0.2, 0.25) is 5.02 Å². The second-order valence-corrected chi connectivity index (χ2v) is 4.15. The third-order valence-corrected chi connectivity index (χ3v) is 3.10. The minimum atomic E-state index is -0.347. The number of hydrogen-bond donors (Lipinski definition) is 2. The van der Waals surface area contributed by atoms with Crippen molar-refractivity contribution in [3.05, 3.63) is 21.7 Å². The van der Waals surface area contributed by atoms with Crippen LogP contribution in [-0.4, -0.2) is 21.9 Å². The van der Waals surface area contributed by atoms with Crippen LogP contribution >= 0.6 is 23.2 Å².